The van der Waals surface area contributed by atoms with Crippen LogP contribution in [-0.4, -0.2) is 31.2 Å². The second-order valence-electron chi connectivity index (χ2n) is 6.41. The summed E-state index contributed by atoms with van der Waals surface area (Å²) in [5.74, 6) is 0.342. The van der Waals surface area contributed by atoms with Crippen LogP contribution in [0, 0.1) is 5.82 Å². The van der Waals surface area contributed by atoms with E-state index in [1.54, 1.807) is 24.4 Å². The van der Waals surface area contributed by atoms with Gasteiger partial charge in [-0.3, -0.25) is 9.59 Å². The number of nitrogens with zero attached hydrogens (tertiary/aromatic N) is 3. The van der Waals surface area contributed by atoms with Crippen LogP contribution in [0.3, 0.4) is 0 Å². The number of rotatable bonds is 4. The Morgan fingerprint density at radius 1 is 0.963 bits per heavy atom. The summed E-state index contributed by atoms with van der Waals surface area (Å²) in [4.78, 5) is 32.4. The maximum atomic E-state index is 13.9. The Hall–Kier alpha value is -3.42. The first-order valence-electron chi connectivity index (χ1n) is 8.61. The third-order valence-electron chi connectivity index (χ3n) is 4.71. The normalized spacial score (nSPS) is 14.6. The van der Waals surface area contributed by atoms with Gasteiger partial charge in [-0.15, -0.1) is 0 Å². The van der Waals surface area contributed by atoms with Crippen LogP contribution in [0.15, 0.2) is 52.2 Å². The lowest BCUT2D eigenvalue weighted by atomic mass is 10.1. The number of pyridine rings is 1. The van der Waals surface area contributed by atoms with Crippen molar-refractivity contribution in [2.24, 2.45) is 0 Å². The molecule has 7 nitrogen and oxygen atoms in total. The smallest absolute Gasteiger partial charge is 0.253 e. The molecule has 1 saturated heterocycles. The zero-order valence-corrected chi connectivity index (χ0v) is 14.5. The van der Waals surface area contributed by atoms with E-state index in [4.69, 9.17) is 5.73 Å². The average Bonchev–Trinajstić information content (AvgIpc) is 2.70. The topological polar surface area (TPSA) is 91.6 Å². The van der Waals surface area contributed by atoms with Crippen LogP contribution in [-0.2, 0) is 0 Å². The maximum absolute atomic E-state index is 13.9. The number of piperazine rings is 1. The molecule has 0 radical (unpaired) electrons. The number of nitrogens with two attached hydrogens (primary N) is 1. The van der Waals surface area contributed by atoms with Crippen molar-refractivity contribution in [2.45, 2.75) is 0 Å². The second-order valence-corrected chi connectivity index (χ2v) is 6.41. The van der Waals surface area contributed by atoms with Crippen LogP contribution in [0.25, 0.3) is 0 Å². The number of anilines is 5. The first kappa shape index (κ1) is 17.0. The Morgan fingerprint density at radius 2 is 1.67 bits per heavy atom. The lowest BCUT2D eigenvalue weighted by Crippen LogP contribution is -2.51. The molecule has 0 atom stereocenters. The molecule has 27 heavy (non-hydrogen) atoms. The lowest BCUT2D eigenvalue weighted by Gasteiger charge is -2.37. The minimum absolute atomic E-state index is 0.157. The summed E-state index contributed by atoms with van der Waals surface area (Å²) in [6, 6.07) is 9.70. The lowest BCUT2D eigenvalue weighted by molar-refractivity contribution is 0.631. The van der Waals surface area contributed by atoms with Crippen molar-refractivity contribution in [3.05, 3.63) is 68.9 Å². The Bertz CT molecular complexity index is 1040. The van der Waals surface area contributed by atoms with Gasteiger partial charge in [0.1, 0.15) is 23.0 Å². The molecule has 3 N–H and O–H groups in total. The molecule has 0 saturated carbocycles. The molecule has 138 valence electrons. The Balaban J connectivity index is 1.50. The molecule has 1 fully saturated rings. The van der Waals surface area contributed by atoms with Gasteiger partial charge in [-0.2, -0.15) is 0 Å². The largest absolute Gasteiger partial charge is 0.397 e. The summed E-state index contributed by atoms with van der Waals surface area (Å²) < 4.78 is 13.9. The number of aromatic nitrogens is 1. The van der Waals surface area contributed by atoms with Gasteiger partial charge in [-0.25, -0.2) is 9.37 Å². The third-order valence-corrected chi connectivity index (χ3v) is 4.71. The number of benzene rings is 1. The predicted octanol–water partition coefficient (Wildman–Crippen LogP) is 1.47. The maximum Gasteiger partial charge on any atom is 0.253 e. The molecular weight excluding hydrogens is 349 g/mol. The van der Waals surface area contributed by atoms with Gasteiger partial charge in [0.15, 0.2) is 0 Å². The fraction of sp³-hybridized carbons (Fsp3) is 0.211. The molecular formula is C19H18FN5O2. The molecule has 8 heteroatoms. The van der Waals surface area contributed by atoms with Gasteiger partial charge >= 0.3 is 0 Å². The van der Waals surface area contributed by atoms with Crippen molar-refractivity contribution >= 4 is 28.6 Å². The minimum atomic E-state index is -0.615. The van der Waals surface area contributed by atoms with Gasteiger partial charge < -0.3 is 20.9 Å². The van der Waals surface area contributed by atoms with Gasteiger partial charge in [0.05, 0.1) is 17.6 Å². The van der Waals surface area contributed by atoms with E-state index in [0.717, 1.165) is 5.82 Å². The van der Waals surface area contributed by atoms with E-state index >= 15 is 0 Å². The highest BCUT2D eigenvalue weighted by Gasteiger charge is 2.29. The predicted molar refractivity (Wildman–Crippen MR) is 104 cm³/mol. The number of para-hydroxylation sites is 1. The van der Waals surface area contributed by atoms with E-state index in [1.807, 2.05) is 11.0 Å². The molecule has 2 heterocycles. The molecule has 0 bridgehead atoms. The number of halogens is 1. The second kappa shape index (κ2) is 6.71. The van der Waals surface area contributed by atoms with Crippen LogP contribution in [0.4, 0.5) is 33.0 Å². The first-order chi connectivity index (χ1) is 13.0. The van der Waals surface area contributed by atoms with E-state index in [9.17, 15) is 14.0 Å². The van der Waals surface area contributed by atoms with Crippen LogP contribution in [0.1, 0.15) is 0 Å². The van der Waals surface area contributed by atoms with Gasteiger partial charge in [0.25, 0.3) is 10.9 Å². The van der Waals surface area contributed by atoms with Crippen LogP contribution < -0.4 is 31.7 Å². The molecule has 0 unspecified atom stereocenters. The zero-order valence-electron chi connectivity index (χ0n) is 14.5. The Kier molecular flexibility index (Phi) is 4.23. The van der Waals surface area contributed by atoms with Gasteiger partial charge in [0.2, 0.25) is 0 Å². The number of hydrogen-bond acceptors (Lipinski definition) is 7. The summed E-state index contributed by atoms with van der Waals surface area (Å²) >= 11 is 0. The van der Waals surface area contributed by atoms with Crippen molar-refractivity contribution in [3.63, 3.8) is 0 Å². The van der Waals surface area contributed by atoms with Crippen molar-refractivity contribution in [2.75, 3.05) is 47.0 Å². The van der Waals surface area contributed by atoms with Gasteiger partial charge in [-0.05, 0) is 24.3 Å². The number of nitrogens with one attached hydrogen (secondary N) is 1. The monoisotopic (exact) mass is 367 g/mol. The highest BCUT2D eigenvalue weighted by molar-refractivity contribution is 5.80. The van der Waals surface area contributed by atoms with Crippen molar-refractivity contribution in [1.29, 1.82) is 0 Å². The molecule has 3 aromatic rings. The van der Waals surface area contributed by atoms with Crippen LogP contribution in [0.2, 0.25) is 0 Å². The Morgan fingerprint density at radius 3 is 2.33 bits per heavy atom. The van der Waals surface area contributed by atoms with E-state index in [2.05, 4.69) is 15.2 Å². The Labute approximate surface area is 154 Å². The third kappa shape index (κ3) is 3.10. The standard InChI is InChI=1S/C19H18FN5O2/c20-13-3-1-2-4-14(13)23-16-17(19(27)18(16)26)25-9-7-24(8-10-25)15-6-5-12(21)11-22-15/h1-6,11,23H,7-10,21H2. The van der Waals surface area contributed by atoms with Crippen LogP contribution >= 0.6 is 0 Å². The summed E-state index contributed by atoms with van der Waals surface area (Å²) in [6.45, 7) is 2.41. The van der Waals surface area contributed by atoms with Crippen LogP contribution in [0.5, 0.6) is 0 Å². The summed E-state index contributed by atoms with van der Waals surface area (Å²) in [5, 5.41) is 2.78. The average molecular weight is 367 g/mol. The van der Waals surface area contributed by atoms with Crippen molar-refractivity contribution in [1.82, 2.24) is 4.98 Å². The highest BCUT2D eigenvalue weighted by atomic mass is 19.1. The van der Waals surface area contributed by atoms with E-state index < -0.39 is 16.7 Å². The summed E-state index contributed by atoms with van der Waals surface area (Å²) in [6.07, 6.45) is 1.61. The SMILES string of the molecule is Nc1ccc(N2CCN(c3c(Nc4ccccc4F)c(=O)c3=O)CC2)nc1. The fourth-order valence-electron chi connectivity index (χ4n) is 3.24. The molecule has 1 aromatic heterocycles. The fourth-order valence-corrected chi connectivity index (χ4v) is 3.24. The van der Waals surface area contributed by atoms with E-state index in [-0.39, 0.29) is 11.4 Å². The molecule has 0 spiro atoms. The molecule has 2 aromatic carbocycles. The van der Waals surface area contributed by atoms with Gasteiger partial charge in [0, 0.05) is 26.2 Å². The molecule has 1 aliphatic rings. The summed E-state index contributed by atoms with van der Waals surface area (Å²) in [5.41, 5.74) is 5.78. The minimum Gasteiger partial charge on any atom is -0.397 e. The molecule has 0 aliphatic carbocycles. The molecule has 4 rings (SSSR count). The van der Waals surface area contributed by atoms with E-state index in [1.165, 1.54) is 12.1 Å². The molecule has 0 amide bonds. The summed E-state index contributed by atoms with van der Waals surface area (Å²) in [7, 11) is 0. The zero-order chi connectivity index (χ0) is 19.0. The quantitative estimate of drug-likeness (QED) is 0.675. The van der Waals surface area contributed by atoms with Crippen molar-refractivity contribution in [3.8, 4) is 0 Å². The van der Waals surface area contributed by atoms with Crippen molar-refractivity contribution < 1.29 is 4.39 Å². The number of nitrogen functional groups attached to an aromatic ring is 1. The first-order valence-corrected chi connectivity index (χ1v) is 8.61. The van der Waals surface area contributed by atoms with E-state index in [0.29, 0.717) is 37.6 Å². The van der Waals surface area contributed by atoms with Gasteiger partial charge in [-0.1, -0.05) is 12.1 Å². The molecule has 1 aliphatic heterocycles. The highest BCUT2D eigenvalue weighted by Crippen LogP contribution is 2.27. The number of hydrogen-bond donors (Lipinski definition) is 2.